The van der Waals surface area contributed by atoms with Crippen LogP contribution in [-0.4, -0.2) is 44.3 Å². The number of methoxy groups -OCH3 is 1. The van der Waals surface area contributed by atoms with Crippen LogP contribution in [0.25, 0.3) is 0 Å². The smallest absolute Gasteiger partial charge is 0.329 e. The summed E-state index contributed by atoms with van der Waals surface area (Å²) in [5.74, 6) is -1.37. The molecule has 3 amide bonds. The van der Waals surface area contributed by atoms with E-state index in [0.29, 0.717) is 38.8 Å². The van der Waals surface area contributed by atoms with Gasteiger partial charge < -0.3 is 24.8 Å². The van der Waals surface area contributed by atoms with Gasteiger partial charge in [-0.1, -0.05) is 41.4 Å². The molecule has 0 saturated carbocycles. The standard InChI is InChI=1S/C26H23BrCl2N4O6/c1-3-38-20-10-5-4-8-18(20)32-25(35)26(36)33-30-13-15-11-16(27)24(21(12-15)37-2)39-14-22(34)31-19-9-6-7-17(28)23(19)29/h4-13H,3,14H2,1-2H3,(H,31,34)(H,32,35)(H,33,36)/b30-13-. The molecular formula is C26H23BrCl2N4O6. The second-order valence-electron chi connectivity index (χ2n) is 7.55. The van der Waals surface area contributed by atoms with E-state index in [0.717, 1.165) is 0 Å². The number of hydrazone groups is 1. The van der Waals surface area contributed by atoms with Crippen LogP contribution in [-0.2, 0) is 14.4 Å². The van der Waals surface area contributed by atoms with E-state index < -0.39 is 17.7 Å². The predicted octanol–water partition coefficient (Wildman–Crippen LogP) is 5.27. The van der Waals surface area contributed by atoms with Crippen molar-refractivity contribution in [3.63, 3.8) is 0 Å². The van der Waals surface area contributed by atoms with Gasteiger partial charge in [0.2, 0.25) is 0 Å². The Morgan fingerprint density at radius 1 is 0.949 bits per heavy atom. The highest BCUT2D eigenvalue weighted by Crippen LogP contribution is 2.36. The molecule has 0 aromatic heterocycles. The predicted molar refractivity (Wildman–Crippen MR) is 153 cm³/mol. The van der Waals surface area contributed by atoms with Crippen LogP contribution < -0.4 is 30.3 Å². The summed E-state index contributed by atoms with van der Waals surface area (Å²) in [6.45, 7) is 1.86. The molecule has 0 aliphatic carbocycles. The first kappa shape index (κ1) is 29.8. The number of hydrogen-bond donors (Lipinski definition) is 3. The monoisotopic (exact) mass is 636 g/mol. The van der Waals surface area contributed by atoms with Gasteiger partial charge in [0.25, 0.3) is 5.91 Å². The zero-order chi connectivity index (χ0) is 28.4. The van der Waals surface area contributed by atoms with E-state index in [9.17, 15) is 14.4 Å². The van der Waals surface area contributed by atoms with E-state index in [-0.39, 0.29) is 23.1 Å². The third-order valence-corrected chi connectivity index (χ3v) is 6.25. The molecule has 0 heterocycles. The molecule has 39 heavy (non-hydrogen) atoms. The van der Waals surface area contributed by atoms with Crippen molar-refractivity contribution in [2.24, 2.45) is 5.10 Å². The number of benzene rings is 3. The third kappa shape index (κ3) is 8.34. The van der Waals surface area contributed by atoms with Crippen molar-refractivity contribution < 1.29 is 28.6 Å². The summed E-state index contributed by atoms with van der Waals surface area (Å²) in [5, 5.41) is 9.45. The Bertz CT molecular complexity index is 1400. The van der Waals surface area contributed by atoms with E-state index in [1.54, 1.807) is 54.6 Å². The van der Waals surface area contributed by atoms with Crippen molar-refractivity contribution >= 4 is 74.4 Å². The molecule has 3 aromatic rings. The van der Waals surface area contributed by atoms with Crippen molar-refractivity contribution in [2.45, 2.75) is 6.92 Å². The number of amides is 3. The lowest BCUT2D eigenvalue weighted by molar-refractivity contribution is -0.136. The summed E-state index contributed by atoms with van der Waals surface area (Å²) in [5.41, 5.74) is 3.38. The Balaban J connectivity index is 1.60. The van der Waals surface area contributed by atoms with Gasteiger partial charge in [0.15, 0.2) is 18.1 Å². The Morgan fingerprint density at radius 3 is 2.44 bits per heavy atom. The maximum atomic E-state index is 12.4. The molecule has 0 unspecified atom stereocenters. The molecule has 0 aliphatic heterocycles. The number of anilines is 2. The van der Waals surface area contributed by atoms with Crippen molar-refractivity contribution in [3.8, 4) is 17.2 Å². The molecule has 0 atom stereocenters. The molecule has 0 spiro atoms. The number of hydrogen-bond acceptors (Lipinski definition) is 7. The number of nitrogens with zero attached hydrogens (tertiary/aromatic N) is 1. The summed E-state index contributed by atoms with van der Waals surface area (Å²) in [4.78, 5) is 36.8. The number of carbonyl (C=O) groups excluding carboxylic acids is 3. The van der Waals surface area contributed by atoms with E-state index in [1.165, 1.54) is 13.3 Å². The number of para-hydroxylation sites is 2. The van der Waals surface area contributed by atoms with Gasteiger partial charge in [0.05, 0.1) is 45.8 Å². The first-order chi connectivity index (χ1) is 18.7. The van der Waals surface area contributed by atoms with Crippen LogP contribution >= 0.6 is 39.1 Å². The number of rotatable bonds is 10. The molecule has 0 saturated heterocycles. The van der Waals surface area contributed by atoms with Crippen LogP contribution in [0.4, 0.5) is 11.4 Å². The van der Waals surface area contributed by atoms with E-state index in [4.69, 9.17) is 37.4 Å². The fourth-order valence-electron chi connectivity index (χ4n) is 3.13. The van der Waals surface area contributed by atoms with E-state index in [1.807, 2.05) is 6.92 Å². The summed E-state index contributed by atoms with van der Waals surface area (Å²) in [6.07, 6.45) is 1.31. The van der Waals surface area contributed by atoms with Gasteiger partial charge in [0.1, 0.15) is 5.75 Å². The second kappa shape index (κ2) is 14.4. The molecule has 13 heteroatoms. The van der Waals surface area contributed by atoms with Crippen LogP contribution in [0.1, 0.15) is 12.5 Å². The average Bonchev–Trinajstić information content (AvgIpc) is 2.91. The first-order valence-electron chi connectivity index (χ1n) is 11.3. The van der Waals surface area contributed by atoms with Crippen LogP contribution in [0.2, 0.25) is 10.0 Å². The maximum absolute atomic E-state index is 12.4. The summed E-state index contributed by atoms with van der Waals surface area (Å²) >= 11 is 15.4. The highest BCUT2D eigenvalue weighted by Gasteiger charge is 2.17. The zero-order valence-electron chi connectivity index (χ0n) is 20.7. The van der Waals surface area contributed by atoms with E-state index >= 15 is 0 Å². The fourth-order valence-corrected chi connectivity index (χ4v) is 4.05. The highest BCUT2D eigenvalue weighted by atomic mass is 79.9. The second-order valence-corrected chi connectivity index (χ2v) is 9.19. The SMILES string of the molecule is CCOc1ccccc1NC(=O)C(=O)N/N=C\c1cc(Br)c(OCC(=O)Nc2cccc(Cl)c2Cl)c(OC)c1. The number of halogens is 3. The van der Waals surface area contributed by atoms with Crippen LogP contribution in [0.3, 0.4) is 0 Å². The largest absolute Gasteiger partial charge is 0.493 e. The minimum atomic E-state index is -0.977. The van der Waals surface area contributed by atoms with Crippen molar-refractivity contribution in [3.05, 3.63) is 74.7 Å². The molecule has 0 bridgehead atoms. The highest BCUT2D eigenvalue weighted by molar-refractivity contribution is 9.10. The quantitative estimate of drug-likeness (QED) is 0.158. The molecule has 0 fully saturated rings. The number of carbonyl (C=O) groups is 3. The lowest BCUT2D eigenvalue weighted by Gasteiger charge is -2.14. The Hall–Kier alpha value is -3.80. The lowest BCUT2D eigenvalue weighted by atomic mass is 10.2. The number of ether oxygens (including phenoxy) is 3. The van der Waals surface area contributed by atoms with Crippen molar-refractivity contribution in [2.75, 3.05) is 31.0 Å². The molecule has 204 valence electrons. The molecule has 0 radical (unpaired) electrons. The van der Waals surface area contributed by atoms with Crippen LogP contribution in [0.5, 0.6) is 17.2 Å². The van der Waals surface area contributed by atoms with Gasteiger partial charge in [0, 0.05) is 0 Å². The molecule has 0 aliphatic rings. The van der Waals surface area contributed by atoms with Gasteiger partial charge in [-0.2, -0.15) is 5.10 Å². The van der Waals surface area contributed by atoms with Crippen molar-refractivity contribution in [1.29, 1.82) is 0 Å². The Kier molecular flexibility index (Phi) is 11.0. The molecule has 10 nitrogen and oxygen atoms in total. The third-order valence-electron chi connectivity index (χ3n) is 4.85. The summed E-state index contributed by atoms with van der Waals surface area (Å²) in [7, 11) is 1.42. The Labute approximate surface area is 242 Å². The van der Waals surface area contributed by atoms with Crippen LogP contribution in [0.15, 0.2) is 64.2 Å². The summed E-state index contributed by atoms with van der Waals surface area (Å²) in [6, 6.07) is 14.8. The topological polar surface area (TPSA) is 127 Å². The molecule has 3 N–H and O–H groups in total. The van der Waals surface area contributed by atoms with Gasteiger partial charge >= 0.3 is 11.8 Å². The molecule has 3 aromatic carbocycles. The minimum Gasteiger partial charge on any atom is -0.493 e. The van der Waals surface area contributed by atoms with E-state index in [2.05, 4.69) is 37.1 Å². The zero-order valence-corrected chi connectivity index (χ0v) is 23.8. The Morgan fingerprint density at radius 2 is 1.69 bits per heavy atom. The normalized spacial score (nSPS) is 10.6. The van der Waals surface area contributed by atoms with Crippen molar-refractivity contribution in [1.82, 2.24) is 5.43 Å². The van der Waals surface area contributed by atoms with Gasteiger partial charge in [-0.05, 0) is 64.8 Å². The van der Waals surface area contributed by atoms with Crippen LogP contribution in [0, 0.1) is 0 Å². The lowest BCUT2D eigenvalue weighted by Crippen LogP contribution is -2.32. The summed E-state index contributed by atoms with van der Waals surface area (Å²) < 4.78 is 16.9. The average molecular weight is 638 g/mol. The molecule has 3 rings (SSSR count). The van der Waals surface area contributed by atoms with Gasteiger partial charge in [-0.25, -0.2) is 5.43 Å². The maximum Gasteiger partial charge on any atom is 0.329 e. The van der Waals surface area contributed by atoms with Gasteiger partial charge in [-0.3, -0.25) is 14.4 Å². The number of nitrogens with one attached hydrogen (secondary N) is 3. The fraction of sp³-hybridized carbons (Fsp3) is 0.154. The first-order valence-corrected chi connectivity index (χ1v) is 12.9. The minimum absolute atomic E-state index is 0.217. The van der Waals surface area contributed by atoms with Gasteiger partial charge in [-0.15, -0.1) is 0 Å². The molecular weight excluding hydrogens is 615 g/mol.